The van der Waals surface area contributed by atoms with E-state index in [0.29, 0.717) is 17.7 Å². The molecule has 0 unspecified atom stereocenters. The lowest BCUT2D eigenvalue weighted by molar-refractivity contribution is 0.0894. The molecule has 0 atom stereocenters. The van der Waals surface area contributed by atoms with Gasteiger partial charge in [0.1, 0.15) is 0 Å². The van der Waals surface area contributed by atoms with E-state index in [4.69, 9.17) is 0 Å². The zero-order valence-corrected chi connectivity index (χ0v) is 19.4. The van der Waals surface area contributed by atoms with Crippen molar-refractivity contribution in [1.29, 1.82) is 0 Å². The highest BCUT2D eigenvalue weighted by Crippen LogP contribution is 2.21. The summed E-state index contributed by atoms with van der Waals surface area (Å²) in [7, 11) is 0. The summed E-state index contributed by atoms with van der Waals surface area (Å²) >= 11 is 4.15. The maximum Gasteiger partial charge on any atom is 0.280 e. The molecule has 0 aliphatic carbocycles. The summed E-state index contributed by atoms with van der Waals surface area (Å²) in [4.78, 5) is 29.0. The highest BCUT2D eigenvalue weighted by molar-refractivity contribution is 14.1. The molecule has 144 valence electrons. The first-order valence-corrected chi connectivity index (χ1v) is 10.8. The molecule has 0 bridgehead atoms. The Hall–Kier alpha value is -1.89. The summed E-state index contributed by atoms with van der Waals surface area (Å²) < 4.78 is 1.48. The van der Waals surface area contributed by atoms with E-state index in [2.05, 4.69) is 67.5 Å². The number of carbonyl (C=O) groups is 2. The van der Waals surface area contributed by atoms with E-state index in [1.165, 1.54) is 4.80 Å². The number of imide groups is 1. The highest BCUT2D eigenvalue weighted by atomic mass is 127. The zero-order valence-electron chi connectivity index (χ0n) is 15.0. The number of aromatic nitrogens is 4. The number of nitrogens with zero attached hydrogens (tertiary/aromatic N) is 5. The van der Waals surface area contributed by atoms with Crippen LogP contribution in [0.5, 0.6) is 0 Å². The number of carbonyl (C=O) groups excluding carboxylic acids is 2. The first-order chi connectivity index (χ1) is 13.5. The molecule has 0 aliphatic heterocycles. The normalized spacial score (nSPS) is 10.7. The van der Waals surface area contributed by atoms with Gasteiger partial charge >= 0.3 is 0 Å². The van der Waals surface area contributed by atoms with Crippen LogP contribution in [0.4, 0.5) is 5.95 Å². The summed E-state index contributed by atoms with van der Waals surface area (Å²) in [6, 6.07) is 14.2. The summed E-state index contributed by atoms with van der Waals surface area (Å²) in [5.41, 5.74) is 0.819. The predicted octanol–water partition coefficient (Wildman–Crippen LogP) is 4.17. The Bertz CT molecular complexity index is 948. The average Bonchev–Trinajstić information content (AvgIpc) is 3.15. The molecule has 1 heterocycles. The monoisotopic (exact) mass is 601 g/mol. The lowest BCUT2D eigenvalue weighted by Crippen LogP contribution is -2.38. The Kier molecular flexibility index (Phi) is 7.10. The molecule has 28 heavy (non-hydrogen) atoms. The molecule has 0 spiro atoms. The number of aryl methyl sites for hydroxylation is 1. The number of halogens is 2. The van der Waals surface area contributed by atoms with Gasteiger partial charge in [0.15, 0.2) is 0 Å². The molecule has 2 aromatic carbocycles. The Balaban J connectivity index is 2.05. The first-order valence-electron chi connectivity index (χ1n) is 8.68. The van der Waals surface area contributed by atoms with Gasteiger partial charge in [-0.15, -0.1) is 5.10 Å². The molecule has 0 saturated carbocycles. The second-order valence-corrected chi connectivity index (χ2v) is 8.27. The van der Waals surface area contributed by atoms with Crippen molar-refractivity contribution in [2.24, 2.45) is 0 Å². The van der Waals surface area contributed by atoms with E-state index in [-0.39, 0.29) is 5.95 Å². The van der Waals surface area contributed by atoms with Gasteiger partial charge in [-0.3, -0.25) is 9.59 Å². The van der Waals surface area contributed by atoms with Gasteiger partial charge in [-0.1, -0.05) is 42.7 Å². The largest absolute Gasteiger partial charge is 0.280 e. The van der Waals surface area contributed by atoms with E-state index in [1.807, 2.05) is 24.3 Å². The number of amides is 2. The van der Waals surface area contributed by atoms with E-state index in [9.17, 15) is 9.59 Å². The molecule has 2 amide bonds. The molecule has 3 aromatic rings. The van der Waals surface area contributed by atoms with E-state index in [0.717, 1.165) is 24.9 Å². The van der Waals surface area contributed by atoms with Crippen LogP contribution < -0.4 is 4.90 Å². The molecule has 0 fully saturated rings. The van der Waals surface area contributed by atoms with Crippen molar-refractivity contribution < 1.29 is 9.59 Å². The van der Waals surface area contributed by atoms with Crippen molar-refractivity contribution in [3.8, 4) is 0 Å². The number of tetrazole rings is 1. The van der Waals surface area contributed by atoms with Crippen LogP contribution in [0.3, 0.4) is 0 Å². The second kappa shape index (κ2) is 9.54. The molecule has 0 N–H and O–H groups in total. The fourth-order valence-electron chi connectivity index (χ4n) is 2.50. The van der Waals surface area contributed by atoms with E-state index >= 15 is 0 Å². The molecule has 7 nitrogen and oxygen atoms in total. The van der Waals surface area contributed by atoms with Crippen molar-refractivity contribution in [3.63, 3.8) is 0 Å². The maximum atomic E-state index is 13.3. The number of unbranched alkanes of at least 4 members (excludes halogenated alkanes) is 1. The molecular formula is C19H17I2N5O2. The minimum absolute atomic E-state index is 0.0228. The van der Waals surface area contributed by atoms with Crippen molar-refractivity contribution in [3.05, 3.63) is 66.8 Å². The topological polar surface area (TPSA) is 81.0 Å². The lowest BCUT2D eigenvalue weighted by Gasteiger charge is -2.18. The van der Waals surface area contributed by atoms with Gasteiger partial charge in [0.05, 0.1) is 17.7 Å². The fourth-order valence-corrected chi connectivity index (χ4v) is 3.74. The molecule has 0 aliphatic rings. The van der Waals surface area contributed by atoms with Gasteiger partial charge in [0.25, 0.3) is 17.8 Å². The van der Waals surface area contributed by atoms with Crippen LogP contribution >= 0.6 is 45.2 Å². The molecule has 9 heteroatoms. The smallest absolute Gasteiger partial charge is 0.268 e. The number of hydrogen-bond acceptors (Lipinski definition) is 5. The third-order valence-electron chi connectivity index (χ3n) is 3.97. The van der Waals surface area contributed by atoms with Crippen LogP contribution in [0.1, 0.15) is 40.5 Å². The van der Waals surface area contributed by atoms with E-state index in [1.54, 1.807) is 24.3 Å². The van der Waals surface area contributed by atoms with Crippen molar-refractivity contribution >= 4 is 62.9 Å². The Labute approximate surface area is 189 Å². The quantitative estimate of drug-likeness (QED) is 0.313. The lowest BCUT2D eigenvalue weighted by atomic mass is 10.1. The van der Waals surface area contributed by atoms with Crippen molar-refractivity contribution in [2.45, 2.75) is 26.3 Å². The summed E-state index contributed by atoms with van der Waals surface area (Å²) in [5, 5.41) is 12.3. The number of hydrogen-bond donors (Lipinski definition) is 0. The zero-order chi connectivity index (χ0) is 20.1. The summed E-state index contributed by atoms with van der Waals surface area (Å²) in [5.74, 6) is -0.986. The second-order valence-electron chi connectivity index (χ2n) is 5.94. The van der Waals surface area contributed by atoms with Gasteiger partial charge in [-0.05, 0) is 81.1 Å². The highest BCUT2D eigenvalue weighted by Gasteiger charge is 2.31. The van der Waals surface area contributed by atoms with Gasteiger partial charge in [0, 0.05) is 7.14 Å². The minimum Gasteiger partial charge on any atom is -0.268 e. The summed E-state index contributed by atoms with van der Waals surface area (Å²) in [6.45, 7) is 2.64. The standard InChI is InChI=1S/C19H17I2N5O2/c1-2-3-12-25-23-19(22-24-25)26(17(27)13-8-4-6-10-15(13)20)18(28)14-9-5-7-11-16(14)21/h4-11H,2-3,12H2,1H3. The van der Waals surface area contributed by atoms with Crippen molar-refractivity contribution in [2.75, 3.05) is 4.90 Å². The van der Waals surface area contributed by atoms with Gasteiger partial charge in [-0.25, -0.2) is 4.90 Å². The van der Waals surface area contributed by atoms with Gasteiger partial charge < -0.3 is 0 Å². The van der Waals surface area contributed by atoms with E-state index < -0.39 is 11.8 Å². The van der Waals surface area contributed by atoms with Crippen LogP contribution in [0.25, 0.3) is 0 Å². The van der Waals surface area contributed by atoms with Gasteiger partial charge in [-0.2, -0.15) is 4.80 Å². The number of benzene rings is 2. The fraction of sp³-hybridized carbons (Fsp3) is 0.211. The van der Waals surface area contributed by atoms with Crippen LogP contribution in [0.2, 0.25) is 0 Å². The Morgan fingerprint density at radius 1 is 0.964 bits per heavy atom. The van der Waals surface area contributed by atoms with Gasteiger partial charge in [0.2, 0.25) is 0 Å². The minimum atomic E-state index is -0.482. The number of rotatable bonds is 6. The average molecular weight is 601 g/mol. The van der Waals surface area contributed by atoms with Crippen LogP contribution in [0.15, 0.2) is 48.5 Å². The molecule has 0 radical (unpaired) electrons. The molecular weight excluding hydrogens is 584 g/mol. The summed E-state index contributed by atoms with van der Waals surface area (Å²) in [6.07, 6.45) is 1.85. The SMILES string of the molecule is CCCCn1nnc(N(C(=O)c2ccccc2I)C(=O)c2ccccc2I)n1. The van der Waals surface area contributed by atoms with Crippen molar-refractivity contribution in [1.82, 2.24) is 20.2 Å². The maximum absolute atomic E-state index is 13.3. The Morgan fingerprint density at radius 3 is 2.00 bits per heavy atom. The number of anilines is 1. The predicted molar refractivity (Wildman–Crippen MR) is 122 cm³/mol. The third kappa shape index (κ3) is 4.57. The molecule has 1 aromatic heterocycles. The van der Waals surface area contributed by atoms with Crippen LogP contribution in [-0.2, 0) is 6.54 Å². The Morgan fingerprint density at radius 2 is 1.50 bits per heavy atom. The van der Waals surface area contributed by atoms with Crippen LogP contribution in [0, 0.1) is 7.14 Å². The first kappa shape index (κ1) is 20.8. The third-order valence-corrected chi connectivity index (χ3v) is 5.85. The van der Waals surface area contributed by atoms with Crippen LogP contribution in [-0.4, -0.2) is 32.0 Å². The molecule has 3 rings (SSSR count). The molecule has 0 saturated heterocycles.